The van der Waals surface area contributed by atoms with Crippen molar-refractivity contribution in [1.82, 2.24) is 5.32 Å². The molecule has 0 fully saturated rings. The van der Waals surface area contributed by atoms with Gasteiger partial charge in [-0.3, -0.25) is 0 Å². The van der Waals surface area contributed by atoms with Crippen molar-refractivity contribution in [3.8, 4) is 11.5 Å². The van der Waals surface area contributed by atoms with Crippen LogP contribution in [-0.4, -0.2) is 32.8 Å². The molecule has 0 aliphatic rings. The molecule has 0 saturated carbocycles. The molecule has 0 aliphatic carbocycles. The highest BCUT2D eigenvalue weighted by atomic mass is 32.2. The molecule has 0 aromatic heterocycles. The van der Waals surface area contributed by atoms with E-state index in [4.69, 9.17) is 9.47 Å². The molecule has 20 heavy (non-hydrogen) atoms. The SMILES string of the molecule is CCC(C)CSCC(NC)c1ccc(OC)cc1OC. The number of methoxy groups -OCH3 is 2. The second kappa shape index (κ2) is 9.14. The standard InChI is InChI=1S/C16H27NO2S/c1-6-12(2)10-20-11-15(17-3)14-8-7-13(18-4)9-16(14)19-5/h7-9,12,15,17H,6,10-11H2,1-5H3. The maximum Gasteiger partial charge on any atom is 0.127 e. The predicted octanol–water partition coefficient (Wildman–Crippen LogP) is 3.74. The Morgan fingerprint density at radius 3 is 2.50 bits per heavy atom. The molecule has 3 nitrogen and oxygen atoms in total. The lowest BCUT2D eigenvalue weighted by Crippen LogP contribution is -2.20. The normalized spacial score (nSPS) is 13.8. The van der Waals surface area contributed by atoms with Gasteiger partial charge < -0.3 is 14.8 Å². The fourth-order valence-electron chi connectivity index (χ4n) is 1.94. The minimum absolute atomic E-state index is 0.296. The molecule has 1 aromatic rings. The van der Waals surface area contributed by atoms with E-state index in [1.54, 1.807) is 14.2 Å². The molecule has 114 valence electrons. The molecule has 0 aliphatic heterocycles. The van der Waals surface area contributed by atoms with E-state index >= 15 is 0 Å². The lowest BCUT2D eigenvalue weighted by Gasteiger charge is -2.20. The van der Waals surface area contributed by atoms with Gasteiger partial charge in [0.2, 0.25) is 0 Å². The first-order valence-electron chi connectivity index (χ1n) is 7.13. The first-order valence-corrected chi connectivity index (χ1v) is 8.28. The maximum absolute atomic E-state index is 5.49. The summed E-state index contributed by atoms with van der Waals surface area (Å²) in [5.41, 5.74) is 1.19. The van der Waals surface area contributed by atoms with Crippen LogP contribution in [-0.2, 0) is 0 Å². The quantitative estimate of drug-likeness (QED) is 0.752. The first kappa shape index (κ1) is 17.2. The molecule has 1 aromatic carbocycles. The minimum atomic E-state index is 0.296. The van der Waals surface area contributed by atoms with E-state index in [2.05, 4.69) is 25.2 Å². The van der Waals surface area contributed by atoms with Crippen LogP contribution in [0.25, 0.3) is 0 Å². The van der Waals surface area contributed by atoms with Crippen LogP contribution in [0.3, 0.4) is 0 Å². The Morgan fingerprint density at radius 2 is 1.95 bits per heavy atom. The highest BCUT2D eigenvalue weighted by molar-refractivity contribution is 7.99. The molecule has 0 radical (unpaired) electrons. The summed E-state index contributed by atoms with van der Waals surface area (Å²) in [5, 5.41) is 3.38. The van der Waals surface area contributed by atoms with Crippen molar-refractivity contribution in [2.75, 3.05) is 32.8 Å². The summed E-state index contributed by atoms with van der Waals surface area (Å²) in [4.78, 5) is 0. The van der Waals surface area contributed by atoms with Crippen LogP contribution in [0.15, 0.2) is 18.2 Å². The van der Waals surface area contributed by atoms with Crippen LogP contribution in [0.2, 0.25) is 0 Å². The summed E-state index contributed by atoms with van der Waals surface area (Å²) >= 11 is 1.99. The van der Waals surface area contributed by atoms with E-state index in [1.165, 1.54) is 17.7 Å². The molecule has 1 rings (SSSR count). The van der Waals surface area contributed by atoms with E-state index in [9.17, 15) is 0 Å². The number of nitrogens with one attached hydrogen (secondary N) is 1. The lowest BCUT2D eigenvalue weighted by atomic mass is 10.1. The monoisotopic (exact) mass is 297 g/mol. The van der Waals surface area contributed by atoms with Gasteiger partial charge in [-0.05, 0) is 24.8 Å². The van der Waals surface area contributed by atoms with E-state index in [0.29, 0.717) is 6.04 Å². The molecular formula is C16H27NO2S. The highest BCUT2D eigenvalue weighted by Crippen LogP contribution is 2.31. The van der Waals surface area contributed by atoms with Gasteiger partial charge >= 0.3 is 0 Å². The maximum atomic E-state index is 5.49. The zero-order chi connectivity index (χ0) is 15.0. The average Bonchev–Trinajstić information content (AvgIpc) is 2.50. The number of hydrogen-bond acceptors (Lipinski definition) is 4. The topological polar surface area (TPSA) is 30.5 Å². The Morgan fingerprint density at radius 1 is 1.20 bits per heavy atom. The van der Waals surface area contributed by atoms with E-state index < -0.39 is 0 Å². The molecule has 2 unspecified atom stereocenters. The van der Waals surface area contributed by atoms with Crippen molar-refractivity contribution in [3.05, 3.63) is 23.8 Å². The summed E-state index contributed by atoms with van der Waals surface area (Å²) in [6, 6.07) is 6.31. The van der Waals surface area contributed by atoms with Gasteiger partial charge in [0.05, 0.1) is 14.2 Å². The Balaban J connectivity index is 2.73. The Labute approximate surface area is 127 Å². The van der Waals surface area contributed by atoms with Crippen LogP contribution >= 0.6 is 11.8 Å². The third kappa shape index (κ3) is 4.91. The average molecular weight is 297 g/mol. The van der Waals surface area contributed by atoms with Crippen LogP contribution in [0.4, 0.5) is 0 Å². The number of ether oxygens (including phenoxy) is 2. The third-order valence-corrected chi connectivity index (χ3v) is 4.92. The number of hydrogen-bond donors (Lipinski definition) is 1. The van der Waals surface area contributed by atoms with Crippen molar-refractivity contribution in [2.24, 2.45) is 5.92 Å². The van der Waals surface area contributed by atoms with Gasteiger partial charge in [-0.15, -0.1) is 0 Å². The van der Waals surface area contributed by atoms with Crippen LogP contribution < -0.4 is 14.8 Å². The number of benzene rings is 1. The van der Waals surface area contributed by atoms with Crippen LogP contribution in [0.1, 0.15) is 31.9 Å². The summed E-state index contributed by atoms with van der Waals surface area (Å²) < 4.78 is 10.7. The van der Waals surface area contributed by atoms with E-state index in [0.717, 1.165) is 23.2 Å². The zero-order valence-electron chi connectivity index (χ0n) is 13.2. The third-order valence-electron chi connectivity index (χ3n) is 3.55. The molecule has 0 spiro atoms. The lowest BCUT2D eigenvalue weighted by molar-refractivity contribution is 0.387. The van der Waals surface area contributed by atoms with Gasteiger partial charge in [0.15, 0.2) is 0 Å². The second-order valence-electron chi connectivity index (χ2n) is 5.00. The second-order valence-corrected chi connectivity index (χ2v) is 6.07. The molecule has 0 bridgehead atoms. The van der Waals surface area contributed by atoms with Gasteiger partial charge in [0.1, 0.15) is 11.5 Å². The van der Waals surface area contributed by atoms with Crippen molar-refractivity contribution in [1.29, 1.82) is 0 Å². The molecule has 4 heteroatoms. The molecule has 0 amide bonds. The molecule has 0 saturated heterocycles. The van der Waals surface area contributed by atoms with Crippen LogP contribution in [0, 0.1) is 5.92 Å². The van der Waals surface area contributed by atoms with Gasteiger partial charge in [0.25, 0.3) is 0 Å². The Hall–Kier alpha value is -0.870. The fourth-order valence-corrected chi connectivity index (χ4v) is 3.30. The Kier molecular flexibility index (Phi) is 7.85. The molecule has 1 N–H and O–H groups in total. The van der Waals surface area contributed by atoms with Gasteiger partial charge in [-0.25, -0.2) is 0 Å². The van der Waals surface area contributed by atoms with E-state index in [-0.39, 0.29) is 0 Å². The van der Waals surface area contributed by atoms with E-state index in [1.807, 2.05) is 30.9 Å². The molecule has 2 atom stereocenters. The zero-order valence-corrected chi connectivity index (χ0v) is 14.0. The van der Waals surface area contributed by atoms with Crippen molar-refractivity contribution >= 4 is 11.8 Å². The predicted molar refractivity (Wildman–Crippen MR) is 88.1 cm³/mol. The summed E-state index contributed by atoms with van der Waals surface area (Å²) in [6.07, 6.45) is 1.24. The van der Waals surface area contributed by atoms with Crippen molar-refractivity contribution in [3.63, 3.8) is 0 Å². The molecular weight excluding hydrogens is 270 g/mol. The number of thioether (sulfide) groups is 1. The number of rotatable bonds is 9. The van der Waals surface area contributed by atoms with Crippen molar-refractivity contribution < 1.29 is 9.47 Å². The summed E-state index contributed by atoms with van der Waals surface area (Å²) in [5.74, 6) is 4.73. The first-order chi connectivity index (χ1) is 9.65. The highest BCUT2D eigenvalue weighted by Gasteiger charge is 2.15. The molecule has 0 heterocycles. The fraction of sp³-hybridized carbons (Fsp3) is 0.625. The van der Waals surface area contributed by atoms with Gasteiger partial charge in [-0.1, -0.05) is 26.3 Å². The van der Waals surface area contributed by atoms with Crippen LogP contribution in [0.5, 0.6) is 11.5 Å². The Bertz CT molecular complexity index is 398. The van der Waals surface area contributed by atoms with Gasteiger partial charge in [0, 0.05) is 23.4 Å². The summed E-state index contributed by atoms with van der Waals surface area (Å²) in [6.45, 7) is 4.54. The minimum Gasteiger partial charge on any atom is -0.497 e. The smallest absolute Gasteiger partial charge is 0.127 e. The van der Waals surface area contributed by atoms with Crippen molar-refractivity contribution in [2.45, 2.75) is 26.3 Å². The summed E-state index contributed by atoms with van der Waals surface area (Å²) in [7, 11) is 5.38. The van der Waals surface area contributed by atoms with Gasteiger partial charge in [-0.2, -0.15) is 11.8 Å². The largest absolute Gasteiger partial charge is 0.497 e.